The zero-order valence-electron chi connectivity index (χ0n) is 17.0. The number of nitrogens with zero attached hydrogens (tertiary/aromatic N) is 2. The van der Waals surface area contributed by atoms with Gasteiger partial charge in [0, 0.05) is 24.8 Å². The van der Waals surface area contributed by atoms with Gasteiger partial charge in [-0.25, -0.2) is 4.48 Å². The molecule has 8 aliphatic carbocycles. The second-order valence-electron chi connectivity index (χ2n) is 12.3. The number of carboxylic acid groups (broad SMARTS) is 1. The predicted molar refractivity (Wildman–Crippen MR) is 103 cm³/mol. The minimum Gasteiger partial charge on any atom is -0.498 e. The molecule has 0 spiro atoms. The van der Waals surface area contributed by atoms with Crippen LogP contribution in [0.2, 0.25) is 0 Å². The molecule has 0 aromatic carbocycles. The maximum atomic E-state index is 12.8. The Hall–Kier alpha value is -1.03. The molecule has 1 amide bonds. The molecular weight excluding hydrogens is 348 g/mol. The molecule has 28 heavy (non-hydrogen) atoms. The van der Waals surface area contributed by atoms with E-state index in [1.54, 1.807) is 0 Å². The summed E-state index contributed by atoms with van der Waals surface area (Å²) in [7, 11) is 0. The average molecular weight is 383 g/mol. The molecule has 1 unspecified atom stereocenters. The third-order valence-electron chi connectivity index (χ3n) is 10.7. The van der Waals surface area contributed by atoms with E-state index < -0.39 is 6.09 Å². The van der Waals surface area contributed by atoms with Crippen LogP contribution in [0.5, 0.6) is 0 Å². The molecule has 152 valence electrons. The molecule has 4 heteroatoms. The van der Waals surface area contributed by atoms with Crippen molar-refractivity contribution in [3.8, 4) is 0 Å². The van der Waals surface area contributed by atoms with Gasteiger partial charge in [-0.1, -0.05) is 0 Å². The van der Waals surface area contributed by atoms with E-state index in [2.05, 4.69) is 17.3 Å². The predicted octanol–water partition coefficient (Wildman–Crippen LogP) is 3.83. The smallest absolute Gasteiger partial charge is 0.264 e. The highest BCUT2D eigenvalue weighted by molar-refractivity contribution is 5.56. The number of carbonyl (C=O) groups is 1. The molecular formula is C24H34N2O2. The standard InChI is InChI=1S/C24H34N2O2/c27-22(28)26(24-12-19-6-20(13-24)8-21(7-19)14-24)2-1-25(15-26)23-9-16-3-17(10-23)5-18(4-16)11-23/h1-2,16-21H,3-15H2. The molecule has 4 nitrogen and oxygen atoms in total. The Morgan fingerprint density at radius 1 is 0.786 bits per heavy atom. The highest BCUT2D eigenvalue weighted by atomic mass is 16.4. The number of quaternary nitrogens is 1. The Morgan fingerprint density at radius 3 is 1.64 bits per heavy atom. The molecule has 9 aliphatic rings. The molecule has 0 saturated heterocycles. The maximum absolute atomic E-state index is 12.8. The van der Waals surface area contributed by atoms with E-state index >= 15 is 0 Å². The fourth-order valence-corrected chi connectivity index (χ4v) is 10.4. The first-order chi connectivity index (χ1) is 13.5. The van der Waals surface area contributed by atoms with Crippen LogP contribution >= 0.6 is 0 Å². The van der Waals surface area contributed by atoms with Gasteiger partial charge in [0.1, 0.15) is 11.7 Å². The zero-order chi connectivity index (χ0) is 18.7. The first-order valence-electron chi connectivity index (χ1n) is 12.0. The van der Waals surface area contributed by atoms with Crippen LogP contribution in [0.3, 0.4) is 0 Å². The Balaban J connectivity index is 1.24. The van der Waals surface area contributed by atoms with Gasteiger partial charge in [-0.05, 0) is 93.3 Å². The van der Waals surface area contributed by atoms with Gasteiger partial charge in [0.05, 0.1) is 6.20 Å². The Labute approximate surface area is 168 Å². The van der Waals surface area contributed by atoms with Crippen molar-refractivity contribution in [1.82, 2.24) is 4.90 Å². The summed E-state index contributed by atoms with van der Waals surface area (Å²) in [5, 5.41) is 12.8. The first-order valence-corrected chi connectivity index (χ1v) is 12.0. The van der Waals surface area contributed by atoms with Gasteiger partial charge >= 0.3 is 0 Å². The van der Waals surface area contributed by atoms with Crippen molar-refractivity contribution in [1.29, 1.82) is 0 Å². The molecule has 0 radical (unpaired) electrons. The lowest BCUT2D eigenvalue weighted by atomic mass is 9.52. The molecule has 1 heterocycles. The summed E-state index contributed by atoms with van der Waals surface area (Å²) in [6.07, 6.45) is 19.1. The number of hydrogen-bond acceptors (Lipinski definition) is 3. The van der Waals surface area contributed by atoms with E-state index in [0.717, 1.165) is 54.8 Å². The lowest BCUT2D eigenvalue weighted by Crippen LogP contribution is -2.73. The molecule has 1 aliphatic heterocycles. The number of carbonyl (C=O) groups excluding carboxylic acids is 1. The lowest BCUT2D eigenvalue weighted by molar-refractivity contribution is -0.890. The second kappa shape index (κ2) is 5.17. The lowest BCUT2D eigenvalue weighted by Gasteiger charge is -2.63. The van der Waals surface area contributed by atoms with Gasteiger partial charge in [0.2, 0.25) is 0 Å². The maximum Gasteiger partial charge on any atom is 0.264 e. The van der Waals surface area contributed by atoms with Crippen LogP contribution in [0, 0.1) is 35.5 Å². The molecule has 0 aromatic rings. The highest BCUT2D eigenvalue weighted by Crippen LogP contribution is 2.62. The third kappa shape index (κ3) is 1.99. The van der Waals surface area contributed by atoms with Crippen LogP contribution in [-0.4, -0.2) is 33.2 Å². The van der Waals surface area contributed by atoms with Gasteiger partial charge < -0.3 is 14.8 Å². The first kappa shape index (κ1) is 16.7. The summed E-state index contributed by atoms with van der Waals surface area (Å²) in [5.41, 5.74) is 0.171. The van der Waals surface area contributed by atoms with Gasteiger partial charge in [-0.2, -0.15) is 0 Å². The molecule has 8 fully saturated rings. The number of amides is 1. The summed E-state index contributed by atoms with van der Waals surface area (Å²) < 4.78 is 0.123. The molecule has 8 saturated carbocycles. The Kier molecular flexibility index (Phi) is 3.09. The molecule has 8 bridgehead atoms. The van der Waals surface area contributed by atoms with Crippen LogP contribution < -0.4 is 5.11 Å². The summed E-state index contributed by atoms with van der Waals surface area (Å²) in [6.45, 7) is 0.653. The van der Waals surface area contributed by atoms with Crippen molar-refractivity contribution < 1.29 is 14.4 Å². The third-order valence-corrected chi connectivity index (χ3v) is 10.7. The van der Waals surface area contributed by atoms with Crippen molar-refractivity contribution in [2.24, 2.45) is 35.5 Å². The van der Waals surface area contributed by atoms with E-state index in [1.165, 1.54) is 57.8 Å². The van der Waals surface area contributed by atoms with Crippen molar-refractivity contribution in [2.75, 3.05) is 6.67 Å². The van der Waals surface area contributed by atoms with E-state index in [4.69, 9.17) is 0 Å². The molecule has 9 rings (SSSR count). The van der Waals surface area contributed by atoms with Crippen molar-refractivity contribution in [2.45, 2.75) is 88.1 Å². The molecule has 0 aromatic heterocycles. The Morgan fingerprint density at radius 2 is 1.21 bits per heavy atom. The van der Waals surface area contributed by atoms with Crippen molar-refractivity contribution in [3.05, 3.63) is 12.4 Å². The second-order valence-corrected chi connectivity index (χ2v) is 12.3. The summed E-state index contributed by atoms with van der Waals surface area (Å²) in [5.74, 6) is 4.98. The van der Waals surface area contributed by atoms with Gasteiger partial charge in [-0.15, -0.1) is 0 Å². The summed E-state index contributed by atoms with van der Waals surface area (Å²) in [4.78, 5) is 15.3. The number of hydrogen-bond donors (Lipinski definition) is 0. The van der Waals surface area contributed by atoms with Crippen LogP contribution in [0.4, 0.5) is 4.79 Å². The minimum absolute atomic E-state index is 0.0822. The fraction of sp³-hybridized carbons (Fsp3) is 0.875. The summed E-state index contributed by atoms with van der Waals surface area (Å²) >= 11 is 0. The quantitative estimate of drug-likeness (QED) is 0.682. The highest BCUT2D eigenvalue weighted by Gasteiger charge is 2.65. The van der Waals surface area contributed by atoms with Crippen LogP contribution in [0.1, 0.15) is 77.0 Å². The molecule has 0 N–H and O–H groups in total. The Bertz CT molecular complexity index is 687. The van der Waals surface area contributed by atoms with Crippen LogP contribution in [0.15, 0.2) is 12.4 Å². The van der Waals surface area contributed by atoms with Gasteiger partial charge in [-0.3, -0.25) is 0 Å². The van der Waals surface area contributed by atoms with Crippen LogP contribution in [0.25, 0.3) is 0 Å². The van der Waals surface area contributed by atoms with Gasteiger partial charge in [0.15, 0.2) is 6.67 Å². The van der Waals surface area contributed by atoms with Crippen molar-refractivity contribution >= 4 is 6.09 Å². The topological polar surface area (TPSA) is 43.4 Å². The minimum atomic E-state index is -0.828. The number of rotatable bonds is 2. The monoisotopic (exact) mass is 382 g/mol. The largest absolute Gasteiger partial charge is 0.498 e. The SMILES string of the molecule is O=C([O-])[N+]1(C23CC4CC(CC(C4)C2)C3)C=CN(C23CC4CC(CC(C4)C2)C3)C1. The normalized spacial score (nSPS) is 58.1. The summed E-state index contributed by atoms with van der Waals surface area (Å²) in [6, 6.07) is 0. The zero-order valence-corrected chi connectivity index (χ0v) is 17.0. The van der Waals surface area contributed by atoms with E-state index in [-0.39, 0.29) is 15.6 Å². The van der Waals surface area contributed by atoms with Gasteiger partial charge in [0.25, 0.3) is 6.09 Å². The van der Waals surface area contributed by atoms with Crippen molar-refractivity contribution in [3.63, 3.8) is 0 Å². The molecule has 1 atom stereocenters. The average Bonchev–Trinajstić information content (AvgIpc) is 3.08. The van der Waals surface area contributed by atoms with E-state index in [0.29, 0.717) is 6.67 Å². The van der Waals surface area contributed by atoms with Crippen LogP contribution in [-0.2, 0) is 0 Å². The van der Waals surface area contributed by atoms with E-state index in [1.807, 2.05) is 0 Å². The van der Waals surface area contributed by atoms with E-state index in [9.17, 15) is 9.90 Å². The fourth-order valence-electron chi connectivity index (χ4n) is 10.4.